The second-order valence-electron chi connectivity index (χ2n) is 6.39. The van der Waals surface area contributed by atoms with E-state index >= 15 is 0 Å². The molecule has 1 aromatic heterocycles. The number of hydrogen-bond donors (Lipinski definition) is 1. The molecule has 0 unspecified atom stereocenters. The fourth-order valence-electron chi connectivity index (χ4n) is 2.45. The van der Waals surface area contributed by atoms with Crippen molar-refractivity contribution in [2.75, 3.05) is 19.0 Å². The molecular weight excluding hydrogens is 365 g/mol. The maximum Gasteiger partial charge on any atom is 0.162 e. The van der Waals surface area contributed by atoms with Gasteiger partial charge in [0.05, 0.1) is 9.26 Å². The Morgan fingerprint density at radius 2 is 1.95 bits per heavy atom. The second-order valence-corrected chi connectivity index (χ2v) is 7.47. The van der Waals surface area contributed by atoms with Gasteiger partial charge in [-0.25, -0.2) is 9.97 Å². The monoisotopic (exact) mass is 389 g/mol. The lowest BCUT2D eigenvalue weighted by molar-refractivity contribution is -0.0848. The molecule has 1 fully saturated rings. The Kier molecular flexibility index (Phi) is 4.59. The topological polar surface area (TPSA) is 47.0 Å². The van der Waals surface area contributed by atoms with Crippen LogP contribution in [0.3, 0.4) is 0 Å². The molecule has 0 atom stereocenters. The highest BCUT2D eigenvalue weighted by atomic mass is 127. The summed E-state index contributed by atoms with van der Waals surface area (Å²) in [5.74, 6) is 1.78. The van der Waals surface area contributed by atoms with Crippen molar-refractivity contribution in [1.82, 2.24) is 9.97 Å². The van der Waals surface area contributed by atoms with Crippen LogP contribution in [-0.4, -0.2) is 23.6 Å². The van der Waals surface area contributed by atoms with Crippen LogP contribution in [0.1, 0.15) is 58.5 Å². The molecule has 1 saturated carbocycles. The molecule has 1 N–H and O–H groups in total. The van der Waals surface area contributed by atoms with E-state index in [1.54, 1.807) is 7.11 Å². The van der Waals surface area contributed by atoms with Crippen LogP contribution >= 0.6 is 22.6 Å². The van der Waals surface area contributed by atoms with Gasteiger partial charge in [0, 0.05) is 19.1 Å². The predicted molar refractivity (Wildman–Crippen MR) is 90.2 cm³/mol. The van der Waals surface area contributed by atoms with E-state index in [9.17, 15) is 0 Å². The molecule has 4 nitrogen and oxygen atoms in total. The first-order chi connectivity index (χ1) is 9.34. The van der Waals surface area contributed by atoms with E-state index in [-0.39, 0.29) is 11.0 Å². The zero-order valence-electron chi connectivity index (χ0n) is 13.0. The highest BCUT2D eigenvalue weighted by Gasteiger charge is 2.43. The molecule has 0 radical (unpaired) electrons. The van der Waals surface area contributed by atoms with Crippen molar-refractivity contribution < 1.29 is 4.74 Å². The average molecular weight is 389 g/mol. The van der Waals surface area contributed by atoms with Gasteiger partial charge in [0.25, 0.3) is 0 Å². The normalized spacial score (nSPS) is 17.7. The van der Waals surface area contributed by atoms with Gasteiger partial charge in [0.15, 0.2) is 5.82 Å². The lowest BCUT2D eigenvalue weighted by atomic mass is 9.79. The van der Waals surface area contributed by atoms with Crippen LogP contribution in [0.4, 0.5) is 5.82 Å². The maximum absolute atomic E-state index is 5.75. The second kappa shape index (κ2) is 5.75. The number of ether oxygens (including phenoxy) is 1. The van der Waals surface area contributed by atoms with Gasteiger partial charge < -0.3 is 10.1 Å². The maximum atomic E-state index is 5.75. The van der Waals surface area contributed by atoms with E-state index in [4.69, 9.17) is 14.7 Å². The van der Waals surface area contributed by atoms with E-state index in [1.165, 1.54) is 6.42 Å². The lowest BCUT2D eigenvalue weighted by Crippen LogP contribution is -2.39. The number of halogens is 1. The molecule has 1 aliphatic rings. The van der Waals surface area contributed by atoms with E-state index < -0.39 is 0 Å². The number of nitrogens with one attached hydrogen (secondary N) is 1. The van der Waals surface area contributed by atoms with Gasteiger partial charge >= 0.3 is 0 Å². The Morgan fingerprint density at radius 1 is 1.30 bits per heavy atom. The Hall–Kier alpha value is -0.430. The molecular formula is C15H24IN3O. The minimum absolute atomic E-state index is 0.00291. The number of aromatic nitrogens is 2. The summed E-state index contributed by atoms with van der Waals surface area (Å²) in [6, 6.07) is 0. The van der Waals surface area contributed by atoms with Crippen LogP contribution in [0.15, 0.2) is 0 Å². The van der Waals surface area contributed by atoms with Crippen LogP contribution in [-0.2, 0) is 15.8 Å². The molecule has 0 amide bonds. The van der Waals surface area contributed by atoms with Crippen molar-refractivity contribution in [3.05, 3.63) is 15.1 Å². The van der Waals surface area contributed by atoms with Crippen molar-refractivity contribution in [2.24, 2.45) is 0 Å². The molecule has 0 aromatic carbocycles. The molecule has 20 heavy (non-hydrogen) atoms. The summed E-state index contributed by atoms with van der Waals surface area (Å²) in [7, 11) is 1.77. The first-order valence-corrected chi connectivity index (χ1v) is 8.29. The highest BCUT2D eigenvalue weighted by molar-refractivity contribution is 14.1. The zero-order valence-corrected chi connectivity index (χ0v) is 15.2. The Morgan fingerprint density at radius 3 is 2.35 bits per heavy atom. The smallest absolute Gasteiger partial charge is 0.162 e. The third-order valence-corrected chi connectivity index (χ3v) is 4.89. The van der Waals surface area contributed by atoms with Crippen LogP contribution < -0.4 is 5.32 Å². The molecule has 0 bridgehead atoms. The van der Waals surface area contributed by atoms with Crippen molar-refractivity contribution in [1.29, 1.82) is 0 Å². The molecule has 2 rings (SSSR count). The fourth-order valence-corrected chi connectivity index (χ4v) is 3.69. The summed E-state index contributed by atoms with van der Waals surface area (Å²) in [6.45, 7) is 9.52. The highest BCUT2D eigenvalue weighted by Crippen LogP contribution is 2.44. The summed E-state index contributed by atoms with van der Waals surface area (Å²) in [5.41, 5.74) is 0.827. The minimum Gasteiger partial charge on any atom is -0.370 e. The number of hydrogen-bond acceptors (Lipinski definition) is 4. The number of methoxy groups -OCH3 is 1. The number of nitrogens with zero attached hydrogens (tertiary/aromatic N) is 2. The summed E-state index contributed by atoms with van der Waals surface area (Å²) in [6.07, 6.45) is 3.21. The third kappa shape index (κ3) is 2.79. The SMILES string of the molecule is CCNc1nc(C2(OC)CCC2)nc(C(C)(C)C)c1I. The van der Waals surface area contributed by atoms with E-state index in [1.807, 2.05) is 0 Å². The van der Waals surface area contributed by atoms with Gasteiger partial charge in [0.1, 0.15) is 11.4 Å². The van der Waals surface area contributed by atoms with Crippen molar-refractivity contribution in [3.63, 3.8) is 0 Å². The molecule has 0 spiro atoms. The van der Waals surface area contributed by atoms with Crippen molar-refractivity contribution in [2.45, 2.75) is 58.0 Å². The van der Waals surface area contributed by atoms with Gasteiger partial charge in [-0.3, -0.25) is 0 Å². The van der Waals surface area contributed by atoms with Gasteiger partial charge in [-0.05, 0) is 48.8 Å². The van der Waals surface area contributed by atoms with Gasteiger partial charge in [-0.2, -0.15) is 0 Å². The van der Waals surface area contributed by atoms with Crippen LogP contribution in [0.2, 0.25) is 0 Å². The van der Waals surface area contributed by atoms with Crippen LogP contribution in [0.25, 0.3) is 0 Å². The lowest BCUT2D eigenvalue weighted by Gasteiger charge is -2.39. The van der Waals surface area contributed by atoms with Crippen molar-refractivity contribution >= 4 is 28.4 Å². The minimum atomic E-state index is -0.269. The standard InChI is InChI=1S/C15H24IN3O/c1-6-17-12-10(16)11(14(2,3)4)18-13(19-12)15(20-5)8-7-9-15/h6-9H2,1-5H3,(H,17,18,19). The average Bonchev–Trinajstić information content (AvgIpc) is 2.31. The van der Waals surface area contributed by atoms with Crippen LogP contribution in [0.5, 0.6) is 0 Å². The number of rotatable bonds is 4. The van der Waals surface area contributed by atoms with E-state index in [0.717, 1.165) is 40.3 Å². The largest absolute Gasteiger partial charge is 0.370 e. The van der Waals surface area contributed by atoms with Crippen molar-refractivity contribution in [3.8, 4) is 0 Å². The fraction of sp³-hybridized carbons (Fsp3) is 0.733. The Labute approximate surface area is 135 Å². The van der Waals surface area contributed by atoms with Crippen LogP contribution in [0, 0.1) is 3.57 Å². The summed E-state index contributed by atoms with van der Waals surface area (Å²) >= 11 is 2.35. The summed E-state index contributed by atoms with van der Waals surface area (Å²) in [4.78, 5) is 9.61. The quantitative estimate of drug-likeness (QED) is 0.796. The van der Waals surface area contributed by atoms with Gasteiger partial charge in [-0.15, -0.1) is 0 Å². The van der Waals surface area contributed by atoms with E-state index in [0.29, 0.717) is 0 Å². The molecule has 1 aromatic rings. The Balaban J connectivity index is 2.56. The molecule has 0 aliphatic heterocycles. The van der Waals surface area contributed by atoms with Gasteiger partial charge in [0.2, 0.25) is 0 Å². The van der Waals surface area contributed by atoms with Gasteiger partial charge in [-0.1, -0.05) is 20.8 Å². The molecule has 0 saturated heterocycles. The first kappa shape index (κ1) is 15.9. The first-order valence-electron chi connectivity index (χ1n) is 7.21. The Bertz CT molecular complexity index is 487. The molecule has 112 valence electrons. The summed E-state index contributed by atoms with van der Waals surface area (Å²) < 4.78 is 6.86. The summed E-state index contributed by atoms with van der Waals surface area (Å²) in [5, 5.41) is 3.36. The number of anilines is 1. The third-order valence-electron chi connectivity index (χ3n) is 3.87. The molecule has 1 heterocycles. The predicted octanol–water partition coefficient (Wildman–Crippen LogP) is 3.84. The molecule has 1 aliphatic carbocycles. The molecule has 5 heteroatoms. The zero-order chi connectivity index (χ0) is 15.0. The van der Waals surface area contributed by atoms with E-state index in [2.05, 4.69) is 55.6 Å².